The summed E-state index contributed by atoms with van der Waals surface area (Å²) in [5, 5.41) is 0. The van der Waals surface area contributed by atoms with Gasteiger partial charge in [-0.1, -0.05) is 177 Å². The third kappa shape index (κ3) is 4.84. The molecule has 0 saturated carbocycles. The lowest BCUT2D eigenvalue weighted by Crippen LogP contribution is -2.23. The van der Waals surface area contributed by atoms with E-state index in [1.54, 1.807) is 0 Å². The molecule has 0 atom stereocenters. The molecule has 12 rings (SSSR count). The predicted molar refractivity (Wildman–Crippen MR) is 262 cm³/mol. The van der Waals surface area contributed by atoms with Gasteiger partial charge >= 0.3 is 0 Å². The smallest absolute Gasteiger partial charge is 0.0210 e. The predicted octanol–water partition coefficient (Wildman–Crippen LogP) is 16.7. The fourth-order valence-corrected chi connectivity index (χ4v) is 12.7. The average Bonchev–Trinajstić information content (AvgIpc) is 3.89. The van der Waals surface area contributed by atoms with Crippen molar-refractivity contribution in [1.29, 1.82) is 0 Å². The zero-order valence-corrected chi connectivity index (χ0v) is 37.4. The summed E-state index contributed by atoms with van der Waals surface area (Å²) in [5.74, 6) is 0. The van der Waals surface area contributed by atoms with Gasteiger partial charge in [0.15, 0.2) is 0 Å². The Hall–Kier alpha value is -6.24. The van der Waals surface area contributed by atoms with Crippen molar-refractivity contribution in [3.8, 4) is 77.9 Å². The van der Waals surface area contributed by atoms with Crippen molar-refractivity contribution in [3.05, 3.63) is 202 Å². The Kier molecular flexibility index (Phi) is 7.67. The Bertz CT molecular complexity index is 3230. The van der Waals surface area contributed by atoms with E-state index in [4.69, 9.17) is 0 Å². The quantitative estimate of drug-likeness (QED) is 0.163. The minimum Gasteiger partial charge on any atom is -0.0642 e. The highest BCUT2D eigenvalue weighted by molar-refractivity contribution is 5.91. The van der Waals surface area contributed by atoms with Crippen LogP contribution in [0.5, 0.6) is 0 Å². The summed E-state index contributed by atoms with van der Waals surface area (Å²) in [6.45, 7) is 19.1. The molecule has 8 aromatic rings. The van der Waals surface area contributed by atoms with Crippen molar-refractivity contribution in [2.75, 3.05) is 0 Å². The first-order valence-corrected chi connectivity index (χ1v) is 23.0. The number of fused-ring (bicyclic) bond motifs is 12. The van der Waals surface area contributed by atoms with E-state index in [-0.39, 0.29) is 21.7 Å². The molecule has 0 heterocycles. The molecule has 0 bridgehead atoms. The Balaban J connectivity index is 0.865. The maximum atomic E-state index is 2.51. The fourth-order valence-electron chi connectivity index (χ4n) is 12.7. The molecule has 0 saturated heterocycles. The molecular formula is C62H54. The van der Waals surface area contributed by atoms with Gasteiger partial charge < -0.3 is 0 Å². The van der Waals surface area contributed by atoms with Gasteiger partial charge in [-0.05, 0) is 172 Å². The van der Waals surface area contributed by atoms with Crippen molar-refractivity contribution < 1.29 is 0 Å². The molecule has 8 aromatic carbocycles. The van der Waals surface area contributed by atoms with Crippen molar-refractivity contribution in [1.82, 2.24) is 0 Å². The molecule has 0 N–H and O–H groups in total. The summed E-state index contributed by atoms with van der Waals surface area (Å²) in [6, 6.07) is 61.3. The van der Waals surface area contributed by atoms with Crippen molar-refractivity contribution >= 4 is 0 Å². The zero-order chi connectivity index (χ0) is 42.5. The number of hydrogen-bond donors (Lipinski definition) is 0. The van der Waals surface area contributed by atoms with Gasteiger partial charge in [-0.15, -0.1) is 0 Å². The Morgan fingerprint density at radius 3 is 0.984 bits per heavy atom. The lowest BCUT2D eigenvalue weighted by atomic mass is 9.73. The summed E-state index contributed by atoms with van der Waals surface area (Å²) in [5.41, 5.74) is 30.1. The van der Waals surface area contributed by atoms with Crippen molar-refractivity contribution in [2.45, 2.75) is 89.9 Å². The van der Waals surface area contributed by atoms with Crippen LogP contribution in [0.3, 0.4) is 0 Å². The fraction of sp³-hybridized carbons (Fsp3) is 0.226. The standard InChI is InChI=1S/C62H54/c1-9-62(10-2)53-18-14-12-15-43(53)49-29-23-42(36-58(49)62)41-22-28-48-47-27-21-40(34-56(47)61(7,8)57(48)35-41)39-20-26-46-45-25-19-38(32-54(45)60(5,6)55(46)33-39)37-24-30-52-50(31-37)44-16-11-13-17-51(44)59(52,3)4/h11-36H,9-10H2,1-8H3. The van der Waals surface area contributed by atoms with Crippen LogP contribution in [0.15, 0.2) is 158 Å². The first kappa shape index (κ1) is 37.5. The molecule has 0 spiro atoms. The Morgan fingerprint density at radius 2 is 0.548 bits per heavy atom. The van der Waals surface area contributed by atoms with Gasteiger partial charge in [0.25, 0.3) is 0 Å². The first-order chi connectivity index (χ1) is 29.9. The van der Waals surface area contributed by atoms with E-state index in [1.807, 2.05) is 0 Å². The van der Waals surface area contributed by atoms with Gasteiger partial charge in [0, 0.05) is 21.7 Å². The molecule has 0 amide bonds. The van der Waals surface area contributed by atoms with Crippen LogP contribution in [0.4, 0.5) is 0 Å². The van der Waals surface area contributed by atoms with Crippen LogP contribution >= 0.6 is 0 Å². The van der Waals surface area contributed by atoms with E-state index in [0.29, 0.717) is 0 Å². The molecule has 0 unspecified atom stereocenters. The summed E-state index contributed by atoms with van der Waals surface area (Å²) in [4.78, 5) is 0. The van der Waals surface area contributed by atoms with Gasteiger partial charge in [0.05, 0.1) is 0 Å². The highest BCUT2D eigenvalue weighted by atomic mass is 14.4. The van der Waals surface area contributed by atoms with Crippen molar-refractivity contribution in [2.24, 2.45) is 0 Å². The van der Waals surface area contributed by atoms with Crippen LogP contribution in [0.1, 0.15) is 113 Å². The van der Waals surface area contributed by atoms with Gasteiger partial charge in [-0.3, -0.25) is 0 Å². The summed E-state index contributed by atoms with van der Waals surface area (Å²) in [7, 11) is 0. The van der Waals surface area contributed by atoms with E-state index < -0.39 is 0 Å². The Morgan fingerprint density at radius 1 is 0.258 bits per heavy atom. The molecule has 4 aliphatic rings. The Labute approximate surface area is 368 Å². The second kappa shape index (κ2) is 12.7. The number of hydrogen-bond acceptors (Lipinski definition) is 0. The summed E-state index contributed by atoms with van der Waals surface area (Å²) in [6.07, 6.45) is 2.21. The normalized spacial score (nSPS) is 16.7. The molecule has 0 heteroatoms. The van der Waals surface area contributed by atoms with E-state index in [1.165, 1.54) is 122 Å². The van der Waals surface area contributed by atoms with Crippen LogP contribution in [0.25, 0.3) is 77.9 Å². The average molecular weight is 799 g/mol. The largest absolute Gasteiger partial charge is 0.0642 e. The molecular weight excluding hydrogens is 745 g/mol. The van der Waals surface area contributed by atoms with Crippen LogP contribution in [0, 0.1) is 0 Å². The lowest BCUT2D eigenvalue weighted by Gasteiger charge is -2.30. The number of rotatable bonds is 5. The summed E-state index contributed by atoms with van der Waals surface area (Å²) < 4.78 is 0. The maximum absolute atomic E-state index is 2.51. The third-order valence-corrected chi connectivity index (χ3v) is 16.4. The minimum absolute atomic E-state index is 0.0140. The van der Waals surface area contributed by atoms with Gasteiger partial charge in [-0.2, -0.15) is 0 Å². The summed E-state index contributed by atoms with van der Waals surface area (Å²) >= 11 is 0. The van der Waals surface area contributed by atoms with Crippen LogP contribution in [0.2, 0.25) is 0 Å². The second-order valence-electron chi connectivity index (χ2n) is 20.3. The SMILES string of the molecule is CCC1(CC)c2ccccc2-c2ccc(-c3ccc4c(c3)C(C)(C)c3cc(-c5ccc6c(c5)C(C)(C)c5cc(-c7ccc8c(c7)-c7ccccc7C8(C)C)ccc5-6)ccc3-4)cc21. The molecule has 0 aromatic heterocycles. The maximum Gasteiger partial charge on any atom is 0.0210 e. The molecule has 0 nitrogen and oxygen atoms in total. The first-order valence-electron chi connectivity index (χ1n) is 23.0. The lowest BCUT2D eigenvalue weighted by molar-refractivity contribution is 0.490. The molecule has 62 heavy (non-hydrogen) atoms. The third-order valence-electron chi connectivity index (χ3n) is 16.4. The molecule has 0 fully saturated rings. The second-order valence-corrected chi connectivity index (χ2v) is 20.3. The van der Waals surface area contributed by atoms with Crippen LogP contribution in [-0.4, -0.2) is 0 Å². The van der Waals surface area contributed by atoms with Gasteiger partial charge in [0.1, 0.15) is 0 Å². The highest BCUT2D eigenvalue weighted by Crippen LogP contribution is 2.56. The van der Waals surface area contributed by atoms with Gasteiger partial charge in [-0.25, -0.2) is 0 Å². The minimum atomic E-state index is -0.127. The number of benzene rings is 8. The zero-order valence-electron chi connectivity index (χ0n) is 37.4. The molecule has 0 radical (unpaired) electrons. The van der Waals surface area contributed by atoms with E-state index in [2.05, 4.69) is 213 Å². The van der Waals surface area contributed by atoms with Crippen molar-refractivity contribution in [3.63, 3.8) is 0 Å². The van der Waals surface area contributed by atoms with E-state index in [0.717, 1.165) is 12.8 Å². The van der Waals surface area contributed by atoms with Crippen LogP contribution < -0.4 is 0 Å². The monoisotopic (exact) mass is 798 g/mol. The molecule has 4 aliphatic carbocycles. The van der Waals surface area contributed by atoms with E-state index in [9.17, 15) is 0 Å². The van der Waals surface area contributed by atoms with E-state index >= 15 is 0 Å². The highest BCUT2D eigenvalue weighted by Gasteiger charge is 2.42. The molecule has 0 aliphatic heterocycles. The topological polar surface area (TPSA) is 0 Å². The van der Waals surface area contributed by atoms with Gasteiger partial charge in [0.2, 0.25) is 0 Å². The van der Waals surface area contributed by atoms with Crippen LogP contribution in [-0.2, 0) is 21.7 Å². The molecule has 302 valence electrons.